The van der Waals surface area contributed by atoms with Crippen LogP contribution < -0.4 is 5.73 Å². The quantitative estimate of drug-likeness (QED) is 0.735. The molecule has 0 aliphatic rings. The smallest absolute Gasteiger partial charge is 0.293 e. The zero-order chi connectivity index (χ0) is 9.42. The number of oxazole rings is 1. The SMILES string of the molecule is CC(=O)c1cccc2nc(N)oc12.Cl. The van der Waals surface area contributed by atoms with Gasteiger partial charge in [0, 0.05) is 0 Å². The van der Waals surface area contributed by atoms with Crippen LogP contribution in [0.1, 0.15) is 17.3 Å². The molecule has 1 aromatic carbocycles. The lowest BCUT2D eigenvalue weighted by Crippen LogP contribution is -1.91. The summed E-state index contributed by atoms with van der Waals surface area (Å²) in [6, 6.07) is 5.28. The summed E-state index contributed by atoms with van der Waals surface area (Å²) in [6.07, 6.45) is 0. The highest BCUT2D eigenvalue weighted by atomic mass is 35.5. The third-order valence-electron chi connectivity index (χ3n) is 1.81. The van der Waals surface area contributed by atoms with Crippen molar-refractivity contribution in [3.8, 4) is 0 Å². The number of carbonyl (C=O) groups is 1. The molecule has 2 aromatic rings. The highest BCUT2D eigenvalue weighted by molar-refractivity contribution is 6.04. The molecule has 1 heterocycles. The molecule has 14 heavy (non-hydrogen) atoms. The van der Waals surface area contributed by atoms with Crippen molar-refractivity contribution in [2.75, 3.05) is 5.73 Å². The summed E-state index contributed by atoms with van der Waals surface area (Å²) in [5, 5.41) is 0. The number of benzene rings is 1. The molecule has 4 nitrogen and oxygen atoms in total. The molecule has 74 valence electrons. The topological polar surface area (TPSA) is 69.1 Å². The number of anilines is 1. The maximum atomic E-state index is 11.1. The molecule has 0 fully saturated rings. The second-order valence-corrected chi connectivity index (χ2v) is 2.76. The number of aromatic nitrogens is 1. The van der Waals surface area contributed by atoms with Crippen molar-refractivity contribution in [3.63, 3.8) is 0 Å². The average Bonchev–Trinajstić information content (AvgIpc) is 2.43. The lowest BCUT2D eigenvalue weighted by molar-refractivity contribution is 0.101. The van der Waals surface area contributed by atoms with Crippen molar-refractivity contribution in [1.82, 2.24) is 4.98 Å². The normalized spacial score (nSPS) is 9.79. The zero-order valence-corrected chi connectivity index (χ0v) is 8.30. The van der Waals surface area contributed by atoms with Gasteiger partial charge in [0.2, 0.25) is 0 Å². The predicted octanol–water partition coefficient (Wildman–Crippen LogP) is 2.03. The molecular weight excluding hydrogens is 204 g/mol. The number of nitrogens with two attached hydrogens (primary N) is 1. The van der Waals surface area contributed by atoms with Gasteiger partial charge in [-0.25, -0.2) is 0 Å². The summed E-state index contributed by atoms with van der Waals surface area (Å²) >= 11 is 0. The Bertz CT molecular complexity index is 479. The molecule has 0 aliphatic heterocycles. The van der Waals surface area contributed by atoms with Crippen molar-refractivity contribution in [1.29, 1.82) is 0 Å². The molecule has 0 saturated heterocycles. The van der Waals surface area contributed by atoms with Gasteiger partial charge in [-0.3, -0.25) is 4.79 Å². The van der Waals surface area contributed by atoms with Crippen molar-refractivity contribution in [2.45, 2.75) is 6.92 Å². The van der Waals surface area contributed by atoms with Crippen LogP contribution in [0.2, 0.25) is 0 Å². The van der Waals surface area contributed by atoms with Crippen LogP contribution >= 0.6 is 12.4 Å². The molecule has 0 saturated carbocycles. The molecule has 0 radical (unpaired) electrons. The van der Waals surface area contributed by atoms with Crippen molar-refractivity contribution in [3.05, 3.63) is 23.8 Å². The van der Waals surface area contributed by atoms with E-state index in [2.05, 4.69) is 4.98 Å². The third kappa shape index (κ3) is 1.56. The predicted molar refractivity (Wildman–Crippen MR) is 55.7 cm³/mol. The number of hydrogen-bond donors (Lipinski definition) is 1. The molecule has 0 aliphatic carbocycles. The van der Waals surface area contributed by atoms with Gasteiger partial charge in [-0.15, -0.1) is 12.4 Å². The molecule has 2 rings (SSSR count). The minimum atomic E-state index is -0.0539. The Labute approximate surface area is 86.5 Å². The first-order valence-electron chi connectivity index (χ1n) is 3.84. The van der Waals surface area contributed by atoms with E-state index >= 15 is 0 Å². The molecular formula is C9H9ClN2O2. The maximum Gasteiger partial charge on any atom is 0.293 e. The number of fused-ring (bicyclic) bond motifs is 1. The standard InChI is InChI=1S/C9H8N2O2.ClH/c1-5(12)6-3-2-4-7-8(6)13-9(10)11-7;/h2-4H,1H3,(H2,10,11);1H. The van der Waals surface area contributed by atoms with Crippen molar-refractivity contribution < 1.29 is 9.21 Å². The van der Waals surface area contributed by atoms with Gasteiger partial charge < -0.3 is 10.2 Å². The number of halogens is 1. The van der Waals surface area contributed by atoms with Crippen LogP contribution in [0, 0.1) is 0 Å². The lowest BCUT2D eigenvalue weighted by atomic mass is 10.1. The van der Waals surface area contributed by atoms with Crippen LogP contribution in [-0.4, -0.2) is 10.8 Å². The van der Waals surface area contributed by atoms with Gasteiger partial charge in [0.25, 0.3) is 6.01 Å². The molecule has 2 N–H and O–H groups in total. The number of para-hydroxylation sites is 1. The molecule has 0 amide bonds. The number of carbonyl (C=O) groups excluding carboxylic acids is 1. The third-order valence-corrected chi connectivity index (χ3v) is 1.81. The van der Waals surface area contributed by atoms with Crippen LogP contribution in [-0.2, 0) is 0 Å². The van der Waals surface area contributed by atoms with Crippen LogP contribution in [0.4, 0.5) is 6.01 Å². The Hall–Kier alpha value is -1.55. The molecule has 5 heteroatoms. The molecule has 0 spiro atoms. The van der Waals surface area contributed by atoms with Crippen molar-refractivity contribution >= 4 is 35.3 Å². The van der Waals surface area contributed by atoms with E-state index in [9.17, 15) is 4.79 Å². The second-order valence-electron chi connectivity index (χ2n) is 2.76. The number of ketones is 1. The molecule has 0 atom stereocenters. The summed E-state index contributed by atoms with van der Waals surface area (Å²) < 4.78 is 5.11. The van der Waals surface area contributed by atoms with Gasteiger partial charge in [0.05, 0.1) is 5.56 Å². The Morgan fingerprint density at radius 2 is 2.21 bits per heavy atom. The van der Waals surface area contributed by atoms with Crippen LogP contribution in [0.5, 0.6) is 0 Å². The summed E-state index contributed by atoms with van der Waals surface area (Å²) in [5.41, 5.74) is 6.97. The average molecular weight is 213 g/mol. The van der Waals surface area contributed by atoms with E-state index in [1.165, 1.54) is 6.92 Å². The van der Waals surface area contributed by atoms with E-state index in [-0.39, 0.29) is 24.2 Å². The van der Waals surface area contributed by atoms with Gasteiger partial charge in [0.15, 0.2) is 11.4 Å². The van der Waals surface area contributed by atoms with Gasteiger partial charge in [-0.1, -0.05) is 6.07 Å². The lowest BCUT2D eigenvalue weighted by Gasteiger charge is -1.93. The number of rotatable bonds is 1. The number of hydrogen-bond acceptors (Lipinski definition) is 4. The van der Waals surface area contributed by atoms with Crippen molar-refractivity contribution in [2.24, 2.45) is 0 Å². The first-order chi connectivity index (χ1) is 6.18. The summed E-state index contributed by atoms with van der Waals surface area (Å²) in [7, 11) is 0. The first-order valence-corrected chi connectivity index (χ1v) is 3.84. The van der Waals surface area contributed by atoms with E-state index < -0.39 is 0 Å². The van der Waals surface area contributed by atoms with Crippen LogP contribution in [0.3, 0.4) is 0 Å². The highest BCUT2D eigenvalue weighted by Gasteiger charge is 2.10. The van der Waals surface area contributed by atoms with Crippen LogP contribution in [0.15, 0.2) is 22.6 Å². The van der Waals surface area contributed by atoms with Crippen LogP contribution in [0.25, 0.3) is 11.1 Å². The summed E-state index contributed by atoms with van der Waals surface area (Å²) in [5.74, 6) is -0.0539. The Balaban J connectivity index is 0.000000980. The molecule has 1 aromatic heterocycles. The number of nitrogens with zero attached hydrogens (tertiary/aromatic N) is 1. The van der Waals surface area contributed by atoms with Gasteiger partial charge in [0.1, 0.15) is 5.52 Å². The highest BCUT2D eigenvalue weighted by Crippen LogP contribution is 2.21. The summed E-state index contributed by atoms with van der Waals surface area (Å²) in [4.78, 5) is 15.1. The largest absolute Gasteiger partial charge is 0.423 e. The fourth-order valence-corrected chi connectivity index (χ4v) is 1.24. The van der Waals surface area contributed by atoms with E-state index in [1.54, 1.807) is 18.2 Å². The van der Waals surface area contributed by atoms with E-state index in [1.807, 2.05) is 0 Å². The first kappa shape index (κ1) is 10.5. The minimum Gasteiger partial charge on any atom is -0.423 e. The summed E-state index contributed by atoms with van der Waals surface area (Å²) in [6.45, 7) is 1.48. The Morgan fingerprint density at radius 1 is 1.50 bits per heavy atom. The van der Waals surface area contributed by atoms with Gasteiger partial charge in [-0.05, 0) is 19.1 Å². The van der Waals surface area contributed by atoms with E-state index in [0.717, 1.165) is 0 Å². The number of Topliss-reactive ketones (excluding diaryl/α,β-unsaturated/α-hetero) is 1. The Morgan fingerprint density at radius 3 is 2.86 bits per heavy atom. The van der Waals surface area contributed by atoms with Gasteiger partial charge >= 0.3 is 0 Å². The monoisotopic (exact) mass is 212 g/mol. The maximum absolute atomic E-state index is 11.1. The fourth-order valence-electron chi connectivity index (χ4n) is 1.24. The Kier molecular flexibility index (Phi) is 2.76. The van der Waals surface area contributed by atoms with E-state index in [4.69, 9.17) is 10.2 Å². The van der Waals surface area contributed by atoms with E-state index in [0.29, 0.717) is 16.7 Å². The number of nitrogen functional groups attached to an aromatic ring is 1. The molecule has 0 unspecified atom stereocenters. The van der Waals surface area contributed by atoms with Gasteiger partial charge in [-0.2, -0.15) is 4.98 Å². The second kappa shape index (κ2) is 3.67. The fraction of sp³-hybridized carbons (Fsp3) is 0.111. The minimum absolute atomic E-state index is 0. The zero-order valence-electron chi connectivity index (χ0n) is 7.48. The molecule has 0 bridgehead atoms.